The lowest BCUT2D eigenvalue weighted by Gasteiger charge is -2.15. The molecule has 3 N–H and O–H groups in total. The SMILES string of the molecule is C=CCNC(=S)N/N=C(/C)c1ccc(OC)c(C[NH+]2CCCC2)c1. The molecule has 130 valence electrons. The highest BCUT2D eigenvalue weighted by molar-refractivity contribution is 7.80. The number of rotatable bonds is 7. The van der Waals surface area contributed by atoms with Crippen LogP contribution in [0.25, 0.3) is 0 Å². The summed E-state index contributed by atoms with van der Waals surface area (Å²) < 4.78 is 5.52. The van der Waals surface area contributed by atoms with E-state index in [1.54, 1.807) is 18.1 Å². The number of hydrogen-bond acceptors (Lipinski definition) is 3. The summed E-state index contributed by atoms with van der Waals surface area (Å²) in [6, 6.07) is 6.22. The maximum Gasteiger partial charge on any atom is 0.187 e. The number of ether oxygens (including phenoxy) is 1. The van der Waals surface area contributed by atoms with Crippen molar-refractivity contribution in [1.82, 2.24) is 10.7 Å². The van der Waals surface area contributed by atoms with Crippen LogP contribution in [0.2, 0.25) is 0 Å². The van der Waals surface area contributed by atoms with Crippen LogP contribution >= 0.6 is 12.2 Å². The van der Waals surface area contributed by atoms with Gasteiger partial charge in [0.15, 0.2) is 5.11 Å². The van der Waals surface area contributed by atoms with Crippen LogP contribution in [0.1, 0.15) is 30.9 Å². The van der Waals surface area contributed by atoms with Crippen molar-refractivity contribution in [3.05, 3.63) is 42.0 Å². The summed E-state index contributed by atoms with van der Waals surface area (Å²) >= 11 is 5.15. The van der Waals surface area contributed by atoms with Gasteiger partial charge < -0.3 is 15.0 Å². The third-order valence-electron chi connectivity index (χ3n) is 4.18. The van der Waals surface area contributed by atoms with Crippen molar-refractivity contribution in [2.45, 2.75) is 26.3 Å². The Balaban J connectivity index is 2.08. The molecule has 1 heterocycles. The first-order chi connectivity index (χ1) is 11.6. The number of nitrogens with zero attached hydrogens (tertiary/aromatic N) is 1. The summed E-state index contributed by atoms with van der Waals surface area (Å²) in [5.74, 6) is 0.946. The van der Waals surface area contributed by atoms with Gasteiger partial charge in [-0.1, -0.05) is 6.08 Å². The summed E-state index contributed by atoms with van der Waals surface area (Å²) in [6.45, 7) is 9.71. The summed E-state index contributed by atoms with van der Waals surface area (Å²) in [4.78, 5) is 1.62. The molecule has 24 heavy (non-hydrogen) atoms. The van der Waals surface area contributed by atoms with E-state index in [2.05, 4.69) is 28.5 Å². The molecule has 1 saturated heterocycles. The topological polar surface area (TPSA) is 50.1 Å². The lowest BCUT2D eigenvalue weighted by molar-refractivity contribution is -0.901. The van der Waals surface area contributed by atoms with Crippen LogP contribution in [0, 0.1) is 0 Å². The molecule has 0 saturated carbocycles. The molecule has 1 aromatic carbocycles. The second-order valence-electron chi connectivity index (χ2n) is 5.97. The molecule has 0 spiro atoms. The molecule has 0 aromatic heterocycles. The first-order valence-electron chi connectivity index (χ1n) is 8.34. The average molecular weight is 348 g/mol. The van der Waals surface area contributed by atoms with Gasteiger partial charge in [0.05, 0.1) is 25.9 Å². The van der Waals surface area contributed by atoms with E-state index in [0.29, 0.717) is 11.7 Å². The first-order valence-corrected chi connectivity index (χ1v) is 8.74. The predicted molar refractivity (Wildman–Crippen MR) is 103 cm³/mol. The highest BCUT2D eigenvalue weighted by atomic mass is 32.1. The van der Waals surface area contributed by atoms with Gasteiger partial charge in [-0.25, -0.2) is 0 Å². The number of nitrogens with one attached hydrogen (secondary N) is 3. The van der Waals surface area contributed by atoms with E-state index in [9.17, 15) is 0 Å². The Morgan fingerprint density at radius 1 is 1.42 bits per heavy atom. The van der Waals surface area contributed by atoms with Gasteiger partial charge in [0.25, 0.3) is 0 Å². The largest absolute Gasteiger partial charge is 0.496 e. The summed E-state index contributed by atoms with van der Waals surface area (Å²) in [7, 11) is 1.73. The number of benzene rings is 1. The van der Waals surface area contributed by atoms with E-state index in [1.807, 2.05) is 19.1 Å². The minimum Gasteiger partial charge on any atom is -0.496 e. The molecule has 0 bridgehead atoms. The number of hydrazone groups is 1. The molecular weight excluding hydrogens is 320 g/mol. The van der Waals surface area contributed by atoms with Crippen LogP contribution in [-0.4, -0.2) is 37.6 Å². The average Bonchev–Trinajstić information content (AvgIpc) is 3.10. The van der Waals surface area contributed by atoms with Crippen molar-refractivity contribution in [3.63, 3.8) is 0 Å². The van der Waals surface area contributed by atoms with Crippen LogP contribution in [0.3, 0.4) is 0 Å². The zero-order valence-corrected chi connectivity index (χ0v) is 15.3. The molecule has 1 aliphatic heterocycles. The van der Waals surface area contributed by atoms with Crippen LogP contribution in [0.4, 0.5) is 0 Å². The molecule has 0 atom stereocenters. The number of quaternary nitrogens is 1. The maximum absolute atomic E-state index is 5.52. The van der Waals surface area contributed by atoms with Crippen molar-refractivity contribution in [3.8, 4) is 5.75 Å². The zero-order valence-electron chi connectivity index (χ0n) is 14.5. The summed E-state index contributed by atoms with van der Waals surface area (Å²) in [5, 5.41) is 7.84. The lowest BCUT2D eigenvalue weighted by atomic mass is 10.1. The predicted octanol–water partition coefficient (Wildman–Crippen LogP) is 1.25. The minimum atomic E-state index is 0.490. The van der Waals surface area contributed by atoms with Gasteiger partial charge in [-0.15, -0.1) is 6.58 Å². The van der Waals surface area contributed by atoms with Crippen molar-refractivity contribution in [1.29, 1.82) is 0 Å². The van der Waals surface area contributed by atoms with Crippen LogP contribution in [-0.2, 0) is 6.54 Å². The Hall–Kier alpha value is -1.92. The highest BCUT2D eigenvalue weighted by Crippen LogP contribution is 2.20. The molecule has 0 aliphatic carbocycles. The van der Waals surface area contributed by atoms with Crippen LogP contribution in [0.15, 0.2) is 36.0 Å². The third kappa shape index (κ3) is 5.32. The summed E-state index contributed by atoms with van der Waals surface area (Å²) in [6.07, 6.45) is 4.38. The Labute approximate surface area is 149 Å². The fourth-order valence-corrected chi connectivity index (χ4v) is 3.00. The Morgan fingerprint density at radius 2 is 2.17 bits per heavy atom. The molecule has 0 amide bonds. The minimum absolute atomic E-state index is 0.490. The van der Waals surface area contributed by atoms with E-state index >= 15 is 0 Å². The van der Waals surface area contributed by atoms with Gasteiger partial charge >= 0.3 is 0 Å². The Kier molecular flexibility index (Phi) is 7.21. The van der Waals surface area contributed by atoms with Crippen LogP contribution in [0.5, 0.6) is 5.75 Å². The monoisotopic (exact) mass is 347 g/mol. The Morgan fingerprint density at radius 3 is 2.83 bits per heavy atom. The van der Waals surface area contributed by atoms with E-state index in [0.717, 1.165) is 23.6 Å². The quantitative estimate of drug-likeness (QED) is 0.301. The van der Waals surface area contributed by atoms with Crippen molar-refractivity contribution >= 4 is 23.0 Å². The first kappa shape index (κ1) is 18.4. The molecule has 1 fully saturated rings. The van der Waals surface area contributed by atoms with E-state index in [1.165, 1.54) is 31.5 Å². The van der Waals surface area contributed by atoms with E-state index in [4.69, 9.17) is 17.0 Å². The Bertz CT molecular complexity index is 609. The van der Waals surface area contributed by atoms with E-state index < -0.39 is 0 Å². The van der Waals surface area contributed by atoms with Gasteiger partial charge in [0.2, 0.25) is 0 Å². The van der Waals surface area contributed by atoms with Crippen LogP contribution < -0.4 is 20.4 Å². The lowest BCUT2D eigenvalue weighted by Crippen LogP contribution is -3.08. The third-order valence-corrected chi connectivity index (χ3v) is 4.42. The fraction of sp³-hybridized carbons (Fsp3) is 0.444. The number of likely N-dealkylation sites (tertiary alicyclic amines) is 1. The fourth-order valence-electron chi connectivity index (χ4n) is 2.87. The molecule has 1 aromatic rings. The smallest absolute Gasteiger partial charge is 0.187 e. The maximum atomic E-state index is 5.52. The molecule has 6 heteroatoms. The molecule has 0 radical (unpaired) electrons. The van der Waals surface area contributed by atoms with Gasteiger partial charge in [-0.3, -0.25) is 5.43 Å². The van der Waals surface area contributed by atoms with Crippen molar-refractivity contribution < 1.29 is 9.64 Å². The molecular formula is C18H27N4OS+. The van der Waals surface area contributed by atoms with E-state index in [-0.39, 0.29) is 0 Å². The standard InChI is InChI=1S/C18H26N4OS/c1-4-9-19-18(24)21-20-14(2)15-7-8-17(23-3)16(12-15)13-22-10-5-6-11-22/h4,7-8,12H,1,5-6,9-11,13H2,2-3H3,(H2,19,21,24)/p+1/b20-14-. The number of methoxy groups -OCH3 is 1. The molecule has 0 unspecified atom stereocenters. The normalized spacial score (nSPS) is 15.2. The highest BCUT2D eigenvalue weighted by Gasteiger charge is 2.18. The zero-order chi connectivity index (χ0) is 17.4. The second-order valence-corrected chi connectivity index (χ2v) is 6.38. The van der Waals surface area contributed by atoms with Crippen molar-refractivity contribution in [2.75, 3.05) is 26.7 Å². The second kappa shape index (κ2) is 9.39. The number of hydrogen-bond donors (Lipinski definition) is 3. The molecule has 2 rings (SSSR count). The van der Waals surface area contributed by atoms with Gasteiger partial charge in [0, 0.05) is 24.9 Å². The molecule has 5 nitrogen and oxygen atoms in total. The van der Waals surface area contributed by atoms with Gasteiger partial charge in [-0.05, 0) is 42.9 Å². The number of thiocarbonyl (C=S) groups is 1. The van der Waals surface area contributed by atoms with Gasteiger partial charge in [0.1, 0.15) is 12.3 Å². The van der Waals surface area contributed by atoms with Gasteiger partial charge in [-0.2, -0.15) is 5.10 Å². The summed E-state index contributed by atoms with van der Waals surface area (Å²) in [5.41, 5.74) is 6.05. The molecule has 1 aliphatic rings. The van der Waals surface area contributed by atoms with Crippen molar-refractivity contribution in [2.24, 2.45) is 5.10 Å².